The molecule has 2 heterocycles. The average Bonchev–Trinajstić information content (AvgIpc) is 3.46. The van der Waals surface area contributed by atoms with Crippen molar-refractivity contribution in [2.24, 2.45) is 0 Å². The highest BCUT2D eigenvalue weighted by atomic mass is 32.1. The van der Waals surface area contributed by atoms with Gasteiger partial charge in [0.1, 0.15) is 12.7 Å². The summed E-state index contributed by atoms with van der Waals surface area (Å²) in [5, 5.41) is 2.94. The third kappa shape index (κ3) is 7.57. The van der Waals surface area contributed by atoms with Gasteiger partial charge in [-0.25, -0.2) is 4.98 Å². The molecule has 1 aliphatic rings. The minimum atomic E-state index is -1.64. The molecule has 0 saturated carbocycles. The van der Waals surface area contributed by atoms with Crippen molar-refractivity contribution in [2.75, 3.05) is 11.9 Å². The van der Waals surface area contributed by atoms with Gasteiger partial charge in [-0.15, -0.1) is 0 Å². The third-order valence-corrected chi connectivity index (χ3v) is 5.80. The van der Waals surface area contributed by atoms with Gasteiger partial charge in [-0.05, 0) is 0 Å². The molecule has 5 atom stereocenters. The van der Waals surface area contributed by atoms with E-state index in [2.05, 4.69) is 10.3 Å². The van der Waals surface area contributed by atoms with Crippen LogP contribution >= 0.6 is 11.3 Å². The molecule has 1 saturated heterocycles. The molecule has 198 valence electrons. The fourth-order valence-corrected chi connectivity index (χ4v) is 4.30. The monoisotopic (exact) mass is 538 g/mol. The largest absolute Gasteiger partial charge is 0.463 e. The van der Waals surface area contributed by atoms with Crippen molar-refractivity contribution in [3.63, 3.8) is 0 Å². The first-order chi connectivity index (χ1) is 19.7. The molecule has 12 nitrogen and oxygen atoms in total. The molecule has 0 bridgehead atoms. The van der Waals surface area contributed by atoms with Crippen LogP contribution in [0, 0.1) is 0 Å². The smallest absolute Gasteiger partial charge is 0.303 e. The first kappa shape index (κ1) is 22.4. The van der Waals surface area contributed by atoms with E-state index in [1.165, 1.54) is 6.20 Å². The number of nitrogens with zero attached hydrogens (tertiary/aromatic N) is 1. The third-order valence-electron chi connectivity index (χ3n) is 4.88. The van der Waals surface area contributed by atoms with Gasteiger partial charge in [0.2, 0.25) is 5.78 Å². The maximum absolute atomic E-state index is 12.8. The van der Waals surface area contributed by atoms with Crippen molar-refractivity contribution >= 4 is 46.1 Å². The summed E-state index contributed by atoms with van der Waals surface area (Å²) < 4.78 is 56.0. The van der Waals surface area contributed by atoms with Crippen molar-refractivity contribution < 1.29 is 53.1 Å². The van der Waals surface area contributed by atoms with Crippen molar-refractivity contribution in [3.8, 4) is 0 Å². The second-order valence-electron chi connectivity index (χ2n) is 7.51. The second kappa shape index (κ2) is 12.4. The highest BCUT2D eigenvalue weighted by Gasteiger charge is 2.52. The standard InChI is InChI=1S/C24H26N2O10S/c1-12(27)32-11-17-20(33-13(2)28)21(34-14(3)29)22(35-15(4)30)23(36-17)26-24-25-10-18(37-24)19(31)16-8-6-5-7-9-16/h5-10,17,20-23H,11H2,1-4H3,(H,25,26)/t17-,20-,21+,22+,23?/m1/s1/i1D,2D,3D,4D. The topological polar surface area (TPSA) is 156 Å². The molecular weight excluding hydrogens is 508 g/mol. The maximum Gasteiger partial charge on any atom is 0.303 e. The van der Waals surface area contributed by atoms with E-state index in [-0.39, 0.29) is 15.8 Å². The van der Waals surface area contributed by atoms with Crippen LogP contribution in [0.5, 0.6) is 0 Å². The Kier molecular flexibility index (Phi) is 7.50. The Bertz CT molecular complexity index is 1230. The quantitative estimate of drug-likeness (QED) is 0.281. The summed E-state index contributed by atoms with van der Waals surface area (Å²) in [5.41, 5.74) is 0.413. The molecular formula is C24H26N2O10S. The minimum Gasteiger partial charge on any atom is -0.463 e. The summed E-state index contributed by atoms with van der Waals surface area (Å²) >= 11 is 0.927. The van der Waals surface area contributed by atoms with Gasteiger partial charge in [0.05, 0.1) is 11.1 Å². The number of benzene rings is 1. The molecule has 0 radical (unpaired) electrons. The van der Waals surface area contributed by atoms with Gasteiger partial charge in [0.15, 0.2) is 29.7 Å². The van der Waals surface area contributed by atoms with E-state index in [0.717, 1.165) is 11.3 Å². The first-order valence-electron chi connectivity index (χ1n) is 13.4. The van der Waals surface area contributed by atoms with Crippen LogP contribution in [-0.2, 0) is 42.9 Å². The zero-order valence-corrected chi connectivity index (χ0v) is 20.1. The van der Waals surface area contributed by atoms with Crippen LogP contribution in [0.3, 0.4) is 0 Å². The average molecular weight is 539 g/mol. The van der Waals surface area contributed by atoms with Gasteiger partial charge in [0, 0.05) is 38.6 Å². The Labute approximate surface area is 221 Å². The van der Waals surface area contributed by atoms with E-state index in [1.54, 1.807) is 30.3 Å². The normalized spacial score (nSPS) is 24.3. The van der Waals surface area contributed by atoms with Gasteiger partial charge >= 0.3 is 23.9 Å². The van der Waals surface area contributed by atoms with E-state index in [9.17, 15) is 24.0 Å². The van der Waals surface area contributed by atoms with Crippen molar-refractivity contribution in [2.45, 2.75) is 58.2 Å². The molecule has 0 amide bonds. The van der Waals surface area contributed by atoms with E-state index in [4.69, 9.17) is 29.2 Å². The van der Waals surface area contributed by atoms with Crippen molar-refractivity contribution in [1.82, 2.24) is 4.98 Å². The van der Waals surface area contributed by atoms with Crippen molar-refractivity contribution in [1.29, 1.82) is 0 Å². The zero-order valence-electron chi connectivity index (χ0n) is 23.3. The first-order valence-corrected chi connectivity index (χ1v) is 11.4. The lowest BCUT2D eigenvalue weighted by molar-refractivity contribution is -0.247. The van der Waals surface area contributed by atoms with E-state index < -0.39 is 88.7 Å². The van der Waals surface area contributed by atoms with Gasteiger partial charge in [-0.2, -0.15) is 0 Å². The van der Waals surface area contributed by atoms with Crippen LogP contribution < -0.4 is 5.32 Å². The lowest BCUT2D eigenvalue weighted by atomic mass is 9.97. The minimum absolute atomic E-state index is 0.107. The Morgan fingerprint density at radius 2 is 1.54 bits per heavy atom. The van der Waals surface area contributed by atoms with Gasteiger partial charge in [0.25, 0.3) is 0 Å². The highest BCUT2D eigenvalue weighted by Crippen LogP contribution is 2.31. The fraction of sp³-hybridized carbons (Fsp3) is 0.417. The SMILES string of the molecule is [2H]CC(=O)OC[C@H]1OC(Nc2ncc(C(=O)c3ccccc3)s2)[C@@H](OC(=O)C[2H])[C@@H](OC(=O)C[2H])[C@@H]1OC(=O)C[2H]. The molecule has 1 N–H and O–H groups in total. The maximum atomic E-state index is 12.8. The summed E-state index contributed by atoms with van der Waals surface area (Å²) in [5.74, 6) is -4.51. The zero-order chi connectivity index (χ0) is 29.9. The number of carbonyl (C=O) groups excluding carboxylic acids is 5. The van der Waals surface area contributed by atoms with Crippen LogP contribution in [0.25, 0.3) is 0 Å². The van der Waals surface area contributed by atoms with E-state index in [1.807, 2.05) is 0 Å². The second-order valence-corrected chi connectivity index (χ2v) is 8.54. The number of aromatic nitrogens is 1. The molecule has 0 spiro atoms. The Balaban J connectivity index is 1.98. The molecule has 1 fully saturated rings. The van der Waals surface area contributed by atoms with Crippen LogP contribution in [0.1, 0.15) is 48.3 Å². The predicted octanol–water partition coefficient (Wildman–Crippen LogP) is 1.87. The summed E-state index contributed by atoms with van der Waals surface area (Å²) in [6.07, 6.45) is -6.32. The molecule has 1 unspecified atom stereocenters. The number of thiazole rings is 1. The number of carbonyl (C=O) groups is 5. The van der Waals surface area contributed by atoms with Gasteiger partial charge in [-0.1, -0.05) is 41.7 Å². The molecule has 37 heavy (non-hydrogen) atoms. The number of hydrogen-bond acceptors (Lipinski definition) is 13. The molecule has 0 aliphatic carbocycles. The van der Waals surface area contributed by atoms with E-state index in [0.29, 0.717) is 5.56 Å². The summed E-state index contributed by atoms with van der Waals surface area (Å²) in [4.78, 5) is 65.4. The van der Waals surface area contributed by atoms with Gasteiger partial charge in [-0.3, -0.25) is 24.0 Å². The number of anilines is 1. The Hall–Kier alpha value is -3.84. The van der Waals surface area contributed by atoms with E-state index >= 15 is 0 Å². The number of ether oxygens (including phenoxy) is 5. The molecule has 1 aliphatic heterocycles. The lowest BCUT2D eigenvalue weighted by Crippen LogP contribution is -2.64. The lowest BCUT2D eigenvalue weighted by Gasteiger charge is -2.44. The molecule has 1 aromatic carbocycles. The predicted molar refractivity (Wildman–Crippen MR) is 128 cm³/mol. The Morgan fingerprint density at radius 3 is 2.19 bits per heavy atom. The summed E-state index contributed by atoms with van der Waals surface area (Å²) in [7, 11) is 0. The number of esters is 4. The van der Waals surface area contributed by atoms with Crippen LogP contribution in [0.15, 0.2) is 36.5 Å². The summed E-state index contributed by atoms with van der Waals surface area (Å²) in [6.45, 7) is -3.87. The highest BCUT2D eigenvalue weighted by molar-refractivity contribution is 7.17. The van der Waals surface area contributed by atoms with Crippen molar-refractivity contribution in [3.05, 3.63) is 47.0 Å². The number of ketones is 1. The summed E-state index contributed by atoms with van der Waals surface area (Å²) in [6, 6.07) is 8.41. The van der Waals surface area contributed by atoms with Crippen LogP contribution in [-0.4, -0.2) is 71.9 Å². The molecule has 1 aromatic heterocycles. The fourth-order valence-electron chi connectivity index (χ4n) is 3.50. The number of rotatable bonds is 9. The molecule has 3 rings (SSSR count). The molecule has 2 aromatic rings. The van der Waals surface area contributed by atoms with Crippen LogP contribution in [0.4, 0.5) is 5.13 Å². The number of hydrogen-bond donors (Lipinski definition) is 1. The van der Waals surface area contributed by atoms with Gasteiger partial charge < -0.3 is 29.0 Å². The molecule has 13 heteroatoms. The van der Waals surface area contributed by atoms with Crippen LogP contribution in [0.2, 0.25) is 0 Å². The number of nitrogens with one attached hydrogen (secondary N) is 1. The Morgan fingerprint density at radius 1 is 0.919 bits per heavy atom.